The van der Waals surface area contributed by atoms with Gasteiger partial charge in [-0.05, 0) is 37.1 Å². The third-order valence-corrected chi connectivity index (χ3v) is 3.44. The topological polar surface area (TPSA) is 111 Å². The van der Waals surface area contributed by atoms with E-state index in [2.05, 4.69) is 10.6 Å². The average Bonchev–Trinajstić information content (AvgIpc) is 2.99. The van der Waals surface area contributed by atoms with Crippen molar-refractivity contribution in [2.75, 3.05) is 18.5 Å². The number of hydrogen-bond acceptors (Lipinski definition) is 6. The van der Waals surface area contributed by atoms with Crippen LogP contribution in [0.5, 0.6) is 5.75 Å². The normalized spacial score (nSPS) is 18.8. The smallest absolute Gasteiger partial charge is 0.226 e. The minimum Gasteiger partial charge on any atom is -0.548 e. The highest BCUT2D eigenvalue weighted by atomic mass is 16.5. The molecule has 1 amide bonds. The first-order chi connectivity index (χ1) is 10.5. The molecule has 2 unspecified atom stereocenters. The molecule has 22 heavy (non-hydrogen) atoms. The second-order valence-corrected chi connectivity index (χ2v) is 5.21. The minimum absolute atomic E-state index is 0.0120. The lowest BCUT2D eigenvalue weighted by Crippen LogP contribution is -2.49. The summed E-state index contributed by atoms with van der Waals surface area (Å²) in [5.41, 5.74) is 0.485. The Morgan fingerprint density at radius 3 is 2.68 bits per heavy atom. The second-order valence-electron chi connectivity index (χ2n) is 5.21. The van der Waals surface area contributed by atoms with Crippen molar-refractivity contribution in [3.05, 3.63) is 24.3 Å². The molecule has 2 atom stereocenters. The van der Waals surface area contributed by atoms with Gasteiger partial charge in [-0.2, -0.15) is 0 Å². The molecule has 0 aliphatic carbocycles. The van der Waals surface area contributed by atoms with Crippen LogP contribution in [0.15, 0.2) is 24.3 Å². The average molecular weight is 307 g/mol. The zero-order valence-corrected chi connectivity index (χ0v) is 12.1. The summed E-state index contributed by atoms with van der Waals surface area (Å²) in [5, 5.41) is 25.6. The number of aromatic hydroxyl groups is 1. The van der Waals surface area contributed by atoms with E-state index >= 15 is 0 Å². The zero-order chi connectivity index (χ0) is 15.9. The first kappa shape index (κ1) is 16.3. The van der Waals surface area contributed by atoms with Gasteiger partial charge >= 0.3 is 0 Å². The van der Waals surface area contributed by atoms with Gasteiger partial charge in [0, 0.05) is 25.3 Å². The van der Waals surface area contributed by atoms with Gasteiger partial charge in [-0.3, -0.25) is 4.79 Å². The molecule has 3 N–H and O–H groups in total. The number of anilines is 1. The molecule has 7 heteroatoms. The Morgan fingerprint density at radius 1 is 1.36 bits per heavy atom. The predicted molar refractivity (Wildman–Crippen MR) is 77.1 cm³/mol. The van der Waals surface area contributed by atoms with Gasteiger partial charge in [-0.15, -0.1) is 0 Å². The standard InChI is InChI=1S/C15H20N2O5/c18-11-5-3-10(4-6-11)17-14(19)8-13(15(20)21)16-9-12-2-1-7-22-12/h3-6,12-13,16,18H,1-2,7-9H2,(H,17,19)(H,20,21)/p-1. The molecular weight excluding hydrogens is 288 g/mol. The molecule has 0 saturated carbocycles. The van der Waals surface area contributed by atoms with Gasteiger partial charge in [0.25, 0.3) is 0 Å². The van der Waals surface area contributed by atoms with E-state index < -0.39 is 17.9 Å². The predicted octanol–water partition coefficient (Wildman–Crippen LogP) is -0.392. The summed E-state index contributed by atoms with van der Waals surface area (Å²) >= 11 is 0. The lowest BCUT2D eigenvalue weighted by atomic mass is 10.1. The number of amides is 1. The van der Waals surface area contributed by atoms with Gasteiger partial charge in [0.1, 0.15) is 5.75 Å². The maximum Gasteiger partial charge on any atom is 0.226 e. The summed E-state index contributed by atoms with van der Waals surface area (Å²) in [6, 6.07) is 4.85. The molecule has 1 saturated heterocycles. The molecule has 0 aromatic heterocycles. The van der Waals surface area contributed by atoms with Gasteiger partial charge in [0.05, 0.1) is 18.1 Å². The highest BCUT2D eigenvalue weighted by Crippen LogP contribution is 2.14. The number of carboxylic acid groups (broad SMARTS) is 1. The summed E-state index contributed by atoms with van der Waals surface area (Å²) < 4.78 is 5.39. The van der Waals surface area contributed by atoms with Gasteiger partial charge in [-0.25, -0.2) is 0 Å². The molecular formula is C15H19N2O5-. The van der Waals surface area contributed by atoms with Gasteiger partial charge < -0.3 is 30.4 Å². The molecule has 120 valence electrons. The molecule has 1 aliphatic rings. The van der Waals surface area contributed by atoms with Crippen LogP contribution in [-0.4, -0.2) is 42.3 Å². The Morgan fingerprint density at radius 2 is 2.09 bits per heavy atom. The third kappa shape index (κ3) is 5.01. The quantitative estimate of drug-likeness (QED) is 0.592. The Balaban J connectivity index is 1.82. The van der Waals surface area contributed by atoms with E-state index in [1.165, 1.54) is 24.3 Å². The number of rotatable bonds is 7. The van der Waals surface area contributed by atoms with Crippen molar-refractivity contribution >= 4 is 17.6 Å². The van der Waals surface area contributed by atoms with Gasteiger partial charge in [0.15, 0.2) is 0 Å². The van der Waals surface area contributed by atoms with Crippen molar-refractivity contribution in [1.82, 2.24) is 5.32 Å². The second kappa shape index (κ2) is 7.77. The van der Waals surface area contributed by atoms with Crippen LogP contribution in [0.1, 0.15) is 19.3 Å². The fraction of sp³-hybridized carbons (Fsp3) is 0.467. The van der Waals surface area contributed by atoms with Crippen molar-refractivity contribution in [3.8, 4) is 5.75 Å². The van der Waals surface area contributed by atoms with Crippen LogP contribution >= 0.6 is 0 Å². The third-order valence-electron chi connectivity index (χ3n) is 3.44. The Hall–Kier alpha value is -2.12. The van der Waals surface area contributed by atoms with Crippen LogP contribution in [-0.2, 0) is 14.3 Å². The minimum atomic E-state index is -1.32. The SMILES string of the molecule is O=C(CC(NCC1CCCO1)C(=O)[O-])Nc1ccc(O)cc1. The Bertz CT molecular complexity index is 511. The number of benzene rings is 1. The van der Waals surface area contributed by atoms with Crippen molar-refractivity contribution < 1.29 is 24.5 Å². The van der Waals surface area contributed by atoms with E-state index in [4.69, 9.17) is 9.84 Å². The Labute approximate surface area is 128 Å². The monoisotopic (exact) mass is 307 g/mol. The van der Waals surface area contributed by atoms with Crippen LogP contribution in [0.2, 0.25) is 0 Å². The maximum absolute atomic E-state index is 11.9. The first-order valence-electron chi connectivity index (χ1n) is 7.19. The Kier molecular flexibility index (Phi) is 5.74. The number of aliphatic carboxylic acids is 1. The molecule has 0 spiro atoms. The number of phenols is 1. The fourth-order valence-electron chi connectivity index (χ4n) is 2.26. The lowest BCUT2D eigenvalue weighted by molar-refractivity contribution is -0.308. The van der Waals surface area contributed by atoms with E-state index in [1.807, 2.05) is 0 Å². The van der Waals surface area contributed by atoms with E-state index in [1.54, 1.807) is 0 Å². The summed E-state index contributed by atoms with van der Waals surface area (Å²) in [5.74, 6) is -1.68. The van der Waals surface area contributed by atoms with E-state index in [9.17, 15) is 14.7 Å². The number of ether oxygens (including phenoxy) is 1. The highest BCUT2D eigenvalue weighted by Gasteiger charge is 2.20. The van der Waals surface area contributed by atoms with Crippen molar-refractivity contribution in [2.45, 2.75) is 31.4 Å². The summed E-state index contributed by atoms with van der Waals surface area (Å²) in [4.78, 5) is 23.0. The molecule has 0 bridgehead atoms. The highest BCUT2D eigenvalue weighted by molar-refractivity contribution is 5.93. The first-order valence-corrected chi connectivity index (χ1v) is 7.19. The maximum atomic E-state index is 11.9. The summed E-state index contributed by atoms with van der Waals surface area (Å²) in [7, 11) is 0. The van der Waals surface area contributed by atoms with E-state index in [0.29, 0.717) is 18.8 Å². The molecule has 7 nitrogen and oxygen atoms in total. The molecule has 1 heterocycles. The number of nitrogens with one attached hydrogen (secondary N) is 2. The van der Waals surface area contributed by atoms with Crippen molar-refractivity contribution in [3.63, 3.8) is 0 Å². The number of hydrogen-bond donors (Lipinski definition) is 3. The molecule has 0 radical (unpaired) electrons. The molecule has 1 aromatic carbocycles. The van der Waals surface area contributed by atoms with Gasteiger partial charge in [0.2, 0.25) is 5.91 Å². The molecule has 2 rings (SSSR count). The van der Waals surface area contributed by atoms with Crippen LogP contribution < -0.4 is 15.7 Å². The van der Waals surface area contributed by atoms with Crippen LogP contribution in [0.25, 0.3) is 0 Å². The number of phenolic OH excluding ortho intramolecular Hbond substituents is 1. The lowest BCUT2D eigenvalue weighted by Gasteiger charge is -2.21. The van der Waals surface area contributed by atoms with E-state index in [-0.39, 0.29) is 18.3 Å². The molecule has 1 aliphatic heterocycles. The van der Waals surface area contributed by atoms with Crippen molar-refractivity contribution in [1.29, 1.82) is 0 Å². The number of carbonyl (C=O) groups excluding carboxylic acids is 2. The number of carbonyl (C=O) groups is 2. The van der Waals surface area contributed by atoms with Gasteiger partial charge in [-0.1, -0.05) is 0 Å². The van der Waals surface area contributed by atoms with Crippen LogP contribution in [0.3, 0.4) is 0 Å². The van der Waals surface area contributed by atoms with E-state index in [0.717, 1.165) is 12.8 Å². The largest absolute Gasteiger partial charge is 0.548 e. The molecule has 1 aromatic rings. The fourth-order valence-corrected chi connectivity index (χ4v) is 2.26. The van der Waals surface area contributed by atoms with Crippen LogP contribution in [0, 0.1) is 0 Å². The summed E-state index contributed by atoms with van der Waals surface area (Å²) in [6.07, 6.45) is 1.59. The van der Waals surface area contributed by atoms with Crippen LogP contribution in [0.4, 0.5) is 5.69 Å². The zero-order valence-electron chi connectivity index (χ0n) is 12.1. The van der Waals surface area contributed by atoms with Crippen molar-refractivity contribution in [2.24, 2.45) is 0 Å². The number of carboxylic acids is 1. The summed E-state index contributed by atoms with van der Waals surface area (Å²) in [6.45, 7) is 1.06. The molecule has 1 fully saturated rings.